The van der Waals surface area contributed by atoms with Crippen LogP contribution in [0.1, 0.15) is 50.1 Å². The monoisotopic (exact) mass is 426 g/mol. The van der Waals surface area contributed by atoms with Crippen molar-refractivity contribution in [2.45, 2.75) is 79.4 Å². The smallest absolute Gasteiger partial charge is 0.213 e. The van der Waals surface area contributed by atoms with Crippen molar-refractivity contribution < 1.29 is 9.16 Å². The van der Waals surface area contributed by atoms with E-state index < -0.39 is 8.32 Å². The van der Waals surface area contributed by atoms with Gasteiger partial charge in [-0.25, -0.2) is 9.67 Å². The molecule has 0 bridgehead atoms. The molecular weight excluding hydrogens is 392 g/mol. The molecule has 0 amide bonds. The summed E-state index contributed by atoms with van der Waals surface area (Å²) in [6.45, 7) is 19.2. The van der Waals surface area contributed by atoms with Crippen molar-refractivity contribution in [3.63, 3.8) is 0 Å². The zero-order valence-electron chi connectivity index (χ0n) is 19.5. The largest absolute Gasteiger partial charge is 0.473 e. The van der Waals surface area contributed by atoms with Gasteiger partial charge in [0.05, 0.1) is 17.8 Å². The van der Waals surface area contributed by atoms with Gasteiger partial charge in [-0.1, -0.05) is 38.1 Å². The standard InChI is InChI=1S/C23H34N4O2Si/c1-9-27-20-12-11-18(17(3)22(20)25-26-27)14-28-21-13-10-16(2)19(24-21)15-29-30(7,8)23(4,5)6/h10-13H,9,14-15H2,1-8H3. The minimum absolute atomic E-state index is 0.171. The van der Waals surface area contributed by atoms with Gasteiger partial charge in [-0.15, -0.1) is 5.10 Å². The maximum atomic E-state index is 6.36. The molecule has 0 saturated heterocycles. The van der Waals surface area contributed by atoms with Crippen LogP contribution in [0, 0.1) is 13.8 Å². The van der Waals surface area contributed by atoms with Crippen molar-refractivity contribution >= 4 is 19.4 Å². The van der Waals surface area contributed by atoms with E-state index in [-0.39, 0.29) is 5.04 Å². The highest BCUT2D eigenvalue weighted by atomic mass is 28.4. The summed E-state index contributed by atoms with van der Waals surface area (Å²) >= 11 is 0. The fourth-order valence-electron chi connectivity index (χ4n) is 2.99. The third-order valence-corrected chi connectivity index (χ3v) is 10.8. The minimum Gasteiger partial charge on any atom is -0.473 e. The van der Waals surface area contributed by atoms with Crippen molar-refractivity contribution in [3.8, 4) is 5.88 Å². The van der Waals surface area contributed by atoms with Gasteiger partial charge in [0.25, 0.3) is 0 Å². The zero-order valence-corrected chi connectivity index (χ0v) is 20.5. The summed E-state index contributed by atoms with van der Waals surface area (Å²) in [7, 11) is -1.83. The van der Waals surface area contributed by atoms with E-state index in [4.69, 9.17) is 14.1 Å². The normalized spacial score (nSPS) is 12.5. The van der Waals surface area contributed by atoms with Crippen LogP contribution in [-0.4, -0.2) is 28.3 Å². The Morgan fingerprint density at radius 1 is 1.03 bits per heavy atom. The molecule has 0 unspecified atom stereocenters. The van der Waals surface area contributed by atoms with Crippen LogP contribution in [0.2, 0.25) is 18.1 Å². The molecule has 0 radical (unpaired) electrons. The van der Waals surface area contributed by atoms with Crippen LogP contribution in [0.5, 0.6) is 5.88 Å². The van der Waals surface area contributed by atoms with Gasteiger partial charge in [-0.2, -0.15) is 0 Å². The first-order valence-electron chi connectivity index (χ1n) is 10.6. The summed E-state index contributed by atoms with van der Waals surface area (Å²) in [5, 5.41) is 8.71. The number of aromatic nitrogens is 4. The Labute approximate surface area is 180 Å². The molecule has 0 saturated carbocycles. The Hall–Kier alpha value is -2.25. The lowest BCUT2D eigenvalue weighted by Gasteiger charge is -2.36. The Kier molecular flexibility index (Phi) is 6.34. The quantitative estimate of drug-likeness (QED) is 0.463. The average Bonchev–Trinajstić information content (AvgIpc) is 3.10. The van der Waals surface area contributed by atoms with Crippen molar-refractivity contribution in [2.24, 2.45) is 0 Å². The molecule has 30 heavy (non-hydrogen) atoms. The maximum Gasteiger partial charge on any atom is 0.213 e. The third-order valence-electron chi connectivity index (χ3n) is 6.28. The molecule has 162 valence electrons. The van der Waals surface area contributed by atoms with Crippen LogP contribution in [-0.2, 0) is 24.2 Å². The molecule has 3 aromatic rings. The lowest BCUT2D eigenvalue weighted by atomic mass is 10.1. The number of pyridine rings is 1. The van der Waals surface area contributed by atoms with Crippen molar-refractivity contribution in [1.29, 1.82) is 0 Å². The maximum absolute atomic E-state index is 6.36. The van der Waals surface area contributed by atoms with Crippen molar-refractivity contribution in [1.82, 2.24) is 20.0 Å². The molecule has 0 N–H and O–H groups in total. The van der Waals surface area contributed by atoms with E-state index in [1.165, 1.54) is 0 Å². The lowest BCUT2D eigenvalue weighted by Crippen LogP contribution is -2.40. The lowest BCUT2D eigenvalue weighted by molar-refractivity contribution is 0.262. The second kappa shape index (κ2) is 8.47. The molecule has 0 spiro atoms. The highest BCUT2D eigenvalue weighted by Crippen LogP contribution is 2.37. The number of ether oxygens (including phenoxy) is 1. The number of benzene rings is 1. The topological polar surface area (TPSA) is 62.1 Å². The van der Waals surface area contributed by atoms with E-state index in [9.17, 15) is 0 Å². The fourth-order valence-corrected chi connectivity index (χ4v) is 3.92. The zero-order chi connectivity index (χ0) is 22.1. The second-order valence-electron chi connectivity index (χ2n) is 9.37. The molecule has 3 rings (SSSR count). The third kappa shape index (κ3) is 4.57. The first-order valence-corrected chi connectivity index (χ1v) is 13.5. The SMILES string of the molecule is CCn1nnc2c(C)c(COc3ccc(C)c(CO[Si](C)(C)C(C)(C)C)n3)ccc21. The highest BCUT2D eigenvalue weighted by molar-refractivity contribution is 6.74. The van der Waals surface area contributed by atoms with E-state index in [1.54, 1.807) is 0 Å². The van der Waals surface area contributed by atoms with Crippen LogP contribution in [0.25, 0.3) is 11.0 Å². The van der Waals surface area contributed by atoms with Crippen LogP contribution < -0.4 is 4.74 Å². The van der Waals surface area contributed by atoms with E-state index in [1.807, 2.05) is 10.7 Å². The van der Waals surface area contributed by atoms with Gasteiger partial charge in [0, 0.05) is 12.6 Å². The highest BCUT2D eigenvalue weighted by Gasteiger charge is 2.37. The molecule has 6 nitrogen and oxygen atoms in total. The molecule has 2 heterocycles. The van der Waals surface area contributed by atoms with Crippen LogP contribution in [0.4, 0.5) is 0 Å². The summed E-state index contributed by atoms with van der Waals surface area (Å²) < 4.78 is 14.3. The molecule has 0 aliphatic carbocycles. The van der Waals surface area contributed by atoms with Crippen molar-refractivity contribution in [2.75, 3.05) is 0 Å². The first kappa shape index (κ1) is 22.4. The molecule has 0 atom stereocenters. The summed E-state index contributed by atoms with van der Waals surface area (Å²) in [4.78, 5) is 4.72. The van der Waals surface area contributed by atoms with Crippen LogP contribution in [0.3, 0.4) is 0 Å². The van der Waals surface area contributed by atoms with Gasteiger partial charge in [-0.05, 0) is 61.7 Å². The van der Waals surface area contributed by atoms with Crippen molar-refractivity contribution in [3.05, 3.63) is 46.6 Å². The van der Waals surface area contributed by atoms with Gasteiger partial charge >= 0.3 is 0 Å². The van der Waals surface area contributed by atoms with E-state index in [0.717, 1.165) is 40.0 Å². The van der Waals surface area contributed by atoms with Gasteiger partial charge in [0.2, 0.25) is 5.88 Å². The first-order chi connectivity index (χ1) is 14.0. The number of hydrogen-bond donors (Lipinski definition) is 0. The molecule has 1 aromatic carbocycles. The van der Waals surface area contributed by atoms with Crippen LogP contribution in [0.15, 0.2) is 24.3 Å². The molecular formula is C23H34N4O2Si. The summed E-state index contributed by atoms with van der Waals surface area (Å²) in [5.41, 5.74) is 6.23. The average molecular weight is 427 g/mol. The molecule has 0 fully saturated rings. The van der Waals surface area contributed by atoms with Gasteiger partial charge in [-0.3, -0.25) is 0 Å². The number of rotatable bonds is 7. The predicted molar refractivity (Wildman–Crippen MR) is 123 cm³/mol. The molecule has 0 aliphatic rings. The Balaban J connectivity index is 1.73. The van der Waals surface area contributed by atoms with E-state index in [2.05, 4.69) is 83.1 Å². The van der Waals surface area contributed by atoms with Gasteiger partial charge < -0.3 is 9.16 Å². The summed E-state index contributed by atoms with van der Waals surface area (Å²) in [6.07, 6.45) is 0. The number of aryl methyl sites for hydroxylation is 3. The minimum atomic E-state index is -1.83. The van der Waals surface area contributed by atoms with E-state index in [0.29, 0.717) is 19.1 Å². The summed E-state index contributed by atoms with van der Waals surface area (Å²) in [5.74, 6) is 0.617. The van der Waals surface area contributed by atoms with Crippen LogP contribution >= 0.6 is 0 Å². The Morgan fingerprint density at radius 3 is 2.43 bits per heavy atom. The number of nitrogens with zero attached hydrogens (tertiary/aromatic N) is 4. The summed E-state index contributed by atoms with van der Waals surface area (Å²) in [6, 6.07) is 8.12. The fraction of sp³-hybridized carbons (Fsp3) is 0.522. The number of hydrogen-bond acceptors (Lipinski definition) is 5. The van der Waals surface area contributed by atoms with Gasteiger partial charge in [0.15, 0.2) is 8.32 Å². The Morgan fingerprint density at radius 2 is 1.77 bits per heavy atom. The number of fused-ring (bicyclic) bond motifs is 1. The molecule has 7 heteroatoms. The second-order valence-corrected chi connectivity index (χ2v) is 14.2. The van der Waals surface area contributed by atoms with E-state index >= 15 is 0 Å². The molecule has 0 aliphatic heterocycles. The molecule has 2 aromatic heterocycles. The van der Waals surface area contributed by atoms with Gasteiger partial charge in [0.1, 0.15) is 12.1 Å². The predicted octanol–water partition coefficient (Wildman–Crippen LogP) is 5.56. The Bertz CT molecular complexity index is 1040.